The molecule has 0 amide bonds. The number of hydrogen-bond donors (Lipinski definition) is 2. The summed E-state index contributed by atoms with van der Waals surface area (Å²) >= 11 is 0. The van der Waals surface area contributed by atoms with Crippen LogP contribution in [0.5, 0.6) is 5.75 Å². The Morgan fingerprint density at radius 3 is 2.70 bits per heavy atom. The van der Waals surface area contributed by atoms with Gasteiger partial charge in [-0.15, -0.1) is 0 Å². The van der Waals surface area contributed by atoms with Gasteiger partial charge in [-0.25, -0.2) is 8.42 Å². The third kappa shape index (κ3) is 2.25. The smallest absolute Gasteiger partial charge is 0.229 e. The van der Waals surface area contributed by atoms with E-state index < -0.39 is 10.0 Å². The molecular weight excluding hydrogens is 276 g/mol. The van der Waals surface area contributed by atoms with Crippen LogP contribution >= 0.6 is 0 Å². The van der Waals surface area contributed by atoms with E-state index in [-0.39, 0.29) is 5.75 Å². The lowest BCUT2D eigenvalue weighted by Gasteiger charge is -2.09. The number of phenols is 1. The van der Waals surface area contributed by atoms with Crippen LogP contribution in [-0.2, 0) is 10.0 Å². The number of nitrogens with zero attached hydrogens (tertiary/aromatic N) is 1. The first-order chi connectivity index (χ1) is 9.44. The van der Waals surface area contributed by atoms with E-state index in [0.717, 1.165) is 17.2 Å². The van der Waals surface area contributed by atoms with E-state index in [1.807, 2.05) is 6.07 Å². The van der Waals surface area contributed by atoms with Gasteiger partial charge in [-0.2, -0.15) is 0 Å². The van der Waals surface area contributed by atoms with Gasteiger partial charge in [-0.1, -0.05) is 6.07 Å². The molecule has 6 heteroatoms. The van der Waals surface area contributed by atoms with Crippen molar-refractivity contribution in [1.29, 1.82) is 0 Å². The summed E-state index contributed by atoms with van der Waals surface area (Å²) in [6.45, 7) is 0. The van der Waals surface area contributed by atoms with E-state index in [4.69, 9.17) is 0 Å². The third-order valence-corrected chi connectivity index (χ3v) is 3.59. The number of anilines is 1. The van der Waals surface area contributed by atoms with Crippen molar-refractivity contribution in [3.63, 3.8) is 0 Å². The Labute approximate surface area is 115 Å². The van der Waals surface area contributed by atoms with Crippen LogP contribution in [0.25, 0.3) is 21.7 Å². The molecule has 0 spiro atoms. The lowest BCUT2D eigenvalue weighted by atomic mass is 10.0. The minimum atomic E-state index is -3.34. The maximum atomic E-state index is 11.3. The van der Waals surface area contributed by atoms with Crippen LogP contribution in [-0.4, -0.2) is 24.8 Å². The molecule has 0 unspecified atom stereocenters. The zero-order valence-electron chi connectivity index (χ0n) is 10.7. The minimum Gasteiger partial charge on any atom is -0.507 e. The fourth-order valence-electron chi connectivity index (χ4n) is 2.23. The molecule has 1 aromatic heterocycles. The Balaban J connectivity index is 2.34. The Morgan fingerprint density at radius 1 is 1.15 bits per heavy atom. The summed E-state index contributed by atoms with van der Waals surface area (Å²) < 4.78 is 25.0. The molecule has 5 nitrogen and oxygen atoms in total. The van der Waals surface area contributed by atoms with Crippen molar-refractivity contribution < 1.29 is 13.5 Å². The largest absolute Gasteiger partial charge is 0.507 e. The normalized spacial score (nSPS) is 11.8. The molecule has 0 aliphatic carbocycles. The minimum absolute atomic E-state index is 0.145. The molecule has 3 aromatic rings. The summed E-state index contributed by atoms with van der Waals surface area (Å²) in [5.41, 5.74) is 1.16. The summed E-state index contributed by atoms with van der Waals surface area (Å²) in [7, 11) is -3.34. The van der Waals surface area contributed by atoms with Gasteiger partial charge in [0.2, 0.25) is 10.0 Å². The molecule has 2 N–H and O–H groups in total. The second-order valence-electron chi connectivity index (χ2n) is 4.61. The second-order valence-corrected chi connectivity index (χ2v) is 6.35. The quantitative estimate of drug-likeness (QED) is 0.710. The highest BCUT2D eigenvalue weighted by molar-refractivity contribution is 7.92. The fraction of sp³-hybridized carbons (Fsp3) is 0.0714. The summed E-state index contributed by atoms with van der Waals surface area (Å²) in [4.78, 5) is 4.30. The van der Waals surface area contributed by atoms with E-state index in [9.17, 15) is 13.5 Å². The lowest BCUT2D eigenvalue weighted by molar-refractivity contribution is 0.482. The number of aromatic nitrogens is 1. The van der Waals surface area contributed by atoms with Crippen molar-refractivity contribution in [2.24, 2.45) is 0 Å². The molecule has 0 saturated carbocycles. The van der Waals surface area contributed by atoms with Crippen molar-refractivity contribution in [3.8, 4) is 5.75 Å². The second kappa shape index (κ2) is 4.35. The predicted molar refractivity (Wildman–Crippen MR) is 79.4 cm³/mol. The van der Waals surface area contributed by atoms with Crippen LogP contribution < -0.4 is 4.72 Å². The highest BCUT2D eigenvalue weighted by Gasteiger charge is 2.09. The van der Waals surface area contributed by atoms with Gasteiger partial charge in [0.25, 0.3) is 0 Å². The lowest BCUT2D eigenvalue weighted by Crippen LogP contribution is -2.09. The molecule has 0 aliphatic rings. The number of phenolic OH excluding ortho intramolecular Hbond substituents is 1. The number of fused-ring (bicyclic) bond motifs is 3. The van der Waals surface area contributed by atoms with Gasteiger partial charge in [0.1, 0.15) is 5.75 Å². The Hall–Kier alpha value is -2.34. The average Bonchev–Trinajstić information content (AvgIpc) is 2.37. The molecule has 0 atom stereocenters. The van der Waals surface area contributed by atoms with Crippen molar-refractivity contribution in [3.05, 3.63) is 42.6 Å². The van der Waals surface area contributed by atoms with Crippen molar-refractivity contribution in [2.75, 3.05) is 11.0 Å². The number of rotatable bonds is 2. The zero-order chi connectivity index (χ0) is 14.3. The van der Waals surface area contributed by atoms with Gasteiger partial charge in [-0.3, -0.25) is 9.71 Å². The molecule has 0 fully saturated rings. The number of nitrogens with one attached hydrogen (secondary N) is 1. The fourth-order valence-corrected chi connectivity index (χ4v) is 2.78. The van der Waals surface area contributed by atoms with Gasteiger partial charge in [0.15, 0.2) is 0 Å². The van der Waals surface area contributed by atoms with E-state index in [1.54, 1.807) is 36.5 Å². The average molecular weight is 288 g/mol. The van der Waals surface area contributed by atoms with Crippen LogP contribution in [0.15, 0.2) is 42.6 Å². The molecule has 20 heavy (non-hydrogen) atoms. The summed E-state index contributed by atoms with van der Waals surface area (Å²) in [5.74, 6) is 0.145. The van der Waals surface area contributed by atoms with Gasteiger partial charge in [0, 0.05) is 28.0 Å². The molecule has 0 saturated heterocycles. The molecule has 1 heterocycles. The first-order valence-corrected chi connectivity index (χ1v) is 7.81. The molecule has 2 aromatic carbocycles. The molecule has 0 bridgehead atoms. The number of aromatic hydroxyl groups is 1. The Morgan fingerprint density at radius 2 is 1.95 bits per heavy atom. The van der Waals surface area contributed by atoms with Crippen molar-refractivity contribution >= 4 is 37.4 Å². The number of hydrogen-bond acceptors (Lipinski definition) is 4. The van der Waals surface area contributed by atoms with Gasteiger partial charge in [-0.05, 0) is 30.3 Å². The summed E-state index contributed by atoms with van der Waals surface area (Å²) in [6.07, 6.45) is 2.76. The molecule has 0 aliphatic heterocycles. The first-order valence-electron chi connectivity index (χ1n) is 5.92. The van der Waals surface area contributed by atoms with Crippen LogP contribution in [0.1, 0.15) is 0 Å². The van der Waals surface area contributed by atoms with E-state index in [1.165, 1.54) is 0 Å². The monoisotopic (exact) mass is 288 g/mol. The van der Waals surface area contributed by atoms with Crippen LogP contribution in [0.3, 0.4) is 0 Å². The highest BCUT2D eigenvalue weighted by Crippen LogP contribution is 2.33. The summed E-state index contributed by atoms with van der Waals surface area (Å²) in [5, 5.41) is 12.2. The van der Waals surface area contributed by atoms with Crippen molar-refractivity contribution in [1.82, 2.24) is 4.98 Å². The van der Waals surface area contributed by atoms with Crippen molar-refractivity contribution in [2.45, 2.75) is 0 Å². The van der Waals surface area contributed by atoms with Crippen LogP contribution in [0.2, 0.25) is 0 Å². The van der Waals surface area contributed by atoms with E-state index >= 15 is 0 Å². The third-order valence-electron chi connectivity index (χ3n) is 2.99. The Bertz CT molecular complexity index is 920. The van der Waals surface area contributed by atoms with E-state index in [0.29, 0.717) is 16.5 Å². The van der Waals surface area contributed by atoms with Gasteiger partial charge >= 0.3 is 0 Å². The maximum absolute atomic E-state index is 11.3. The molecule has 3 rings (SSSR count). The summed E-state index contributed by atoms with van der Waals surface area (Å²) in [6, 6.07) is 10.2. The SMILES string of the molecule is CS(=O)(=O)Nc1ccc2c(O)cc3cccnc3c2c1. The van der Waals surface area contributed by atoms with E-state index in [2.05, 4.69) is 9.71 Å². The molecule has 102 valence electrons. The topological polar surface area (TPSA) is 79.3 Å². The van der Waals surface area contributed by atoms with Crippen LogP contribution in [0.4, 0.5) is 5.69 Å². The number of sulfonamides is 1. The predicted octanol–water partition coefficient (Wildman–Crippen LogP) is 2.47. The zero-order valence-corrected chi connectivity index (χ0v) is 11.5. The number of pyridine rings is 1. The standard InChI is InChI=1S/C14H12N2O3S/c1-20(18,19)16-10-4-5-11-12(8-10)14-9(7-13(11)17)3-2-6-15-14/h2-8,16-17H,1H3. The Kier molecular flexibility index (Phi) is 2.76. The molecular formula is C14H12N2O3S. The van der Waals surface area contributed by atoms with Gasteiger partial charge in [0.05, 0.1) is 11.8 Å². The van der Waals surface area contributed by atoms with Crippen LogP contribution in [0, 0.1) is 0 Å². The first kappa shape index (κ1) is 12.7. The highest BCUT2D eigenvalue weighted by atomic mass is 32.2. The molecule has 0 radical (unpaired) electrons. The number of benzene rings is 2. The van der Waals surface area contributed by atoms with Gasteiger partial charge < -0.3 is 5.11 Å². The maximum Gasteiger partial charge on any atom is 0.229 e.